The van der Waals surface area contributed by atoms with Crippen LogP contribution in [0.3, 0.4) is 0 Å². The minimum atomic E-state index is -0.497. The van der Waals surface area contributed by atoms with Crippen LogP contribution in [0.4, 0.5) is 0 Å². The molecule has 0 rings (SSSR count). The molecule has 0 aromatic carbocycles. The molecule has 1 unspecified atom stereocenters. The molecule has 17 heavy (non-hydrogen) atoms. The van der Waals surface area contributed by atoms with Crippen molar-refractivity contribution in [1.82, 2.24) is 4.90 Å². The summed E-state index contributed by atoms with van der Waals surface area (Å²) in [5.74, 6) is -0.116. The Kier molecular flexibility index (Phi) is 7.34. The molecule has 0 fully saturated rings. The van der Waals surface area contributed by atoms with Gasteiger partial charge in [-0.25, -0.2) is 0 Å². The second-order valence-corrected chi connectivity index (χ2v) is 4.64. The van der Waals surface area contributed by atoms with E-state index in [1.807, 2.05) is 13.8 Å². The predicted octanol–water partition coefficient (Wildman–Crippen LogP) is 1.65. The van der Waals surface area contributed by atoms with Crippen molar-refractivity contribution >= 4 is 11.7 Å². The lowest BCUT2D eigenvalue weighted by atomic mass is 10.00. The van der Waals surface area contributed by atoms with Gasteiger partial charge in [0.2, 0.25) is 5.91 Å². The van der Waals surface area contributed by atoms with Gasteiger partial charge in [-0.05, 0) is 19.3 Å². The lowest BCUT2D eigenvalue weighted by Gasteiger charge is -2.27. The average Bonchev–Trinajstić information content (AvgIpc) is 2.30. The molecule has 0 heterocycles. The zero-order valence-electron chi connectivity index (χ0n) is 11.3. The van der Waals surface area contributed by atoms with Crippen LogP contribution in [0.5, 0.6) is 0 Å². The van der Waals surface area contributed by atoms with E-state index < -0.39 is 5.92 Å². The largest absolute Gasteiger partial charge is 0.409 e. The van der Waals surface area contributed by atoms with E-state index in [-0.39, 0.29) is 11.7 Å². The molecule has 0 aliphatic heterocycles. The summed E-state index contributed by atoms with van der Waals surface area (Å²) in [6, 6.07) is 0. The van der Waals surface area contributed by atoms with Crippen LogP contribution >= 0.6 is 0 Å². The molecule has 0 saturated heterocycles. The number of amidine groups is 1. The van der Waals surface area contributed by atoms with Crippen LogP contribution in [0, 0.1) is 11.8 Å². The fraction of sp³-hybridized carbons (Fsp3) is 0.833. The minimum Gasteiger partial charge on any atom is -0.409 e. The lowest BCUT2D eigenvalue weighted by molar-refractivity contribution is -0.134. The van der Waals surface area contributed by atoms with E-state index in [2.05, 4.69) is 19.0 Å². The molecule has 0 aliphatic rings. The number of amides is 1. The maximum Gasteiger partial charge on any atom is 0.233 e. The maximum atomic E-state index is 12.3. The third kappa shape index (κ3) is 5.06. The van der Waals surface area contributed by atoms with Crippen molar-refractivity contribution in [2.45, 2.75) is 40.5 Å². The Bertz CT molecular complexity index is 264. The van der Waals surface area contributed by atoms with Gasteiger partial charge in [0.15, 0.2) is 5.84 Å². The van der Waals surface area contributed by atoms with Crippen molar-refractivity contribution in [1.29, 1.82) is 0 Å². The minimum absolute atomic E-state index is 0.0130. The van der Waals surface area contributed by atoms with Crippen molar-refractivity contribution in [2.24, 2.45) is 22.7 Å². The molecule has 0 aromatic rings. The summed E-state index contributed by atoms with van der Waals surface area (Å²) in [7, 11) is 0. The second kappa shape index (κ2) is 7.92. The molecular formula is C12H25N3O2. The summed E-state index contributed by atoms with van der Waals surface area (Å²) in [6.45, 7) is 9.39. The number of oxime groups is 1. The fourth-order valence-electron chi connectivity index (χ4n) is 1.79. The molecule has 0 bridgehead atoms. The van der Waals surface area contributed by atoms with Crippen LogP contribution in [0.15, 0.2) is 5.16 Å². The number of rotatable bonds is 7. The van der Waals surface area contributed by atoms with Crippen LogP contribution in [0.1, 0.15) is 40.5 Å². The maximum absolute atomic E-state index is 12.3. The number of nitrogens with zero attached hydrogens (tertiary/aromatic N) is 2. The van der Waals surface area contributed by atoms with Gasteiger partial charge in [0.05, 0.1) is 5.92 Å². The first-order valence-electron chi connectivity index (χ1n) is 6.24. The Morgan fingerprint density at radius 2 is 2.00 bits per heavy atom. The van der Waals surface area contributed by atoms with Gasteiger partial charge in [0, 0.05) is 13.1 Å². The third-order valence-corrected chi connectivity index (χ3v) is 2.63. The molecular weight excluding hydrogens is 218 g/mol. The standard InChI is InChI=1S/C12H25N3O2/c1-5-7-10(11(13)14-17)12(16)15(6-2)8-9(3)4/h9-10,17H,5-8H2,1-4H3,(H2,13,14). The number of carbonyl (C=O) groups is 1. The Balaban J connectivity index is 4.79. The molecule has 100 valence electrons. The van der Waals surface area contributed by atoms with E-state index in [0.29, 0.717) is 25.4 Å². The van der Waals surface area contributed by atoms with Crippen molar-refractivity contribution in [3.05, 3.63) is 0 Å². The van der Waals surface area contributed by atoms with Crippen molar-refractivity contribution < 1.29 is 10.0 Å². The molecule has 0 radical (unpaired) electrons. The first-order chi connectivity index (χ1) is 7.97. The molecule has 5 nitrogen and oxygen atoms in total. The number of hydrogen-bond donors (Lipinski definition) is 2. The summed E-state index contributed by atoms with van der Waals surface area (Å²) < 4.78 is 0. The highest BCUT2D eigenvalue weighted by Gasteiger charge is 2.26. The average molecular weight is 243 g/mol. The van der Waals surface area contributed by atoms with Crippen molar-refractivity contribution in [2.75, 3.05) is 13.1 Å². The van der Waals surface area contributed by atoms with Gasteiger partial charge in [0.1, 0.15) is 0 Å². The summed E-state index contributed by atoms with van der Waals surface area (Å²) in [4.78, 5) is 14.0. The Hall–Kier alpha value is -1.26. The molecule has 0 aromatic heterocycles. The third-order valence-electron chi connectivity index (χ3n) is 2.63. The molecule has 3 N–H and O–H groups in total. The Morgan fingerprint density at radius 1 is 1.41 bits per heavy atom. The van der Waals surface area contributed by atoms with E-state index in [0.717, 1.165) is 6.42 Å². The van der Waals surface area contributed by atoms with Crippen LogP contribution in [-0.2, 0) is 4.79 Å². The van der Waals surface area contributed by atoms with Crippen LogP contribution in [0.25, 0.3) is 0 Å². The monoisotopic (exact) mass is 243 g/mol. The molecule has 0 saturated carbocycles. The Labute approximate surface area is 104 Å². The first-order valence-corrected chi connectivity index (χ1v) is 6.24. The molecule has 5 heteroatoms. The van der Waals surface area contributed by atoms with E-state index in [1.165, 1.54) is 0 Å². The number of nitrogens with two attached hydrogens (primary N) is 1. The van der Waals surface area contributed by atoms with E-state index >= 15 is 0 Å². The highest BCUT2D eigenvalue weighted by atomic mass is 16.4. The number of hydrogen-bond acceptors (Lipinski definition) is 3. The zero-order valence-corrected chi connectivity index (χ0v) is 11.3. The van der Waals surface area contributed by atoms with Crippen LogP contribution < -0.4 is 5.73 Å². The topological polar surface area (TPSA) is 78.9 Å². The fourth-order valence-corrected chi connectivity index (χ4v) is 1.79. The van der Waals surface area contributed by atoms with Gasteiger partial charge in [-0.15, -0.1) is 0 Å². The zero-order chi connectivity index (χ0) is 13.4. The van der Waals surface area contributed by atoms with Gasteiger partial charge in [-0.2, -0.15) is 0 Å². The molecule has 0 spiro atoms. The van der Waals surface area contributed by atoms with Gasteiger partial charge in [-0.1, -0.05) is 32.3 Å². The van der Waals surface area contributed by atoms with Crippen LogP contribution in [0.2, 0.25) is 0 Å². The van der Waals surface area contributed by atoms with Crippen molar-refractivity contribution in [3.63, 3.8) is 0 Å². The summed E-state index contributed by atoms with van der Waals surface area (Å²) in [5.41, 5.74) is 5.58. The number of carbonyl (C=O) groups excluding carboxylic acids is 1. The smallest absolute Gasteiger partial charge is 0.233 e. The molecule has 1 atom stereocenters. The quantitative estimate of drug-likeness (QED) is 0.309. The summed E-state index contributed by atoms with van der Waals surface area (Å²) in [6.07, 6.45) is 1.44. The van der Waals surface area contributed by atoms with E-state index in [4.69, 9.17) is 10.9 Å². The van der Waals surface area contributed by atoms with Gasteiger partial charge in [0.25, 0.3) is 0 Å². The van der Waals surface area contributed by atoms with Crippen LogP contribution in [-0.4, -0.2) is 34.9 Å². The highest BCUT2D eigenvalue weighted by Crippen LogP contribution is 2.12. The van der Waals surface area contributed by atoms with Gasteiger partial charge >= 0.3 is 0 Å². The SMILES string of the molecule is CCCC(C(=O)N(CC)CC(C)C)/C(N)=N/O. The van der Waals surface area contributed by atoms with Gasteiger partial charge < -0.3 is 15.8 Å². The Morgan fingerprint density at radius 3 is 2.35 bits per heavy atom. The predicted molar refractivity (Wildman–Crippen MR) is 68.9 cm³/mol. The van der Waals surface area contributed by atoms with Gasteiger partial charge in [-0.3, -0.25) is 4.79 Å². The molecule has 1 amide bonds. The van der Waals surface area contributed by atoms with Crippen molar-refractivity contribution in [3.8, 4) is 0 Å². The van der Waals surface area contributed by atoms with E-state index in [9.17, 15) is 4.79 Å². The molecule has 0 aliphatic carbocycles. The highest BCUT2D eigenvalue weighted by molar-refractivity contribution is 6.02. The second-order valence-electron chi connectivity index (χ2n) is 4.64. The first kappa shape index (κ1) is 15.7. The summed E-state index contributed by atoms with van der Waals surface area (Å²) >= 11 is 0. The lowest BCUT2D eigenvalue weighted by Crippen LogP contribution is -2.43. The summed E-state index contributed by atoms with van der Waals surface area (Å²) in [5, 5.41) is 11.7. The van der Waals surface area contributed by atoms with E-state index in [1.54, 1.807) is 4.90 Å². The normalized spacial score (nSPS) is 13.8.